The van der Waals surface area contributed by atoms with Crippen LogP contribution < -0.4 is 5.32 Å². The average molecular weight is 287 g/mol. The first kappa shape index (κ1) is 14.3. The molecule has 20 heavy (non-hydrogen) atoms. The van der Waals surface area contributed by atoms with Crippen molar-refractivity contribution in [1.82, 2.24) is 15.2 Å². The molecule has 1 aliphatic heterocycles. The first-order valence-corrected chi connectivity index (χ1v) is 5.97. The van der Waals surface area contributed by atoms with E-state index in [4.69, 9.17) is 0 Å². The quantitative estimate of drug-likeness (QED) is 0.840. The number of rotatable bonds is 1. The molecule has 5 nitrogen and oxygen atoms in total. The highest BCUT2D eigenvalue weighted by Gasteiger charge is 2.31. The maximum atomic E-state index is 12.4. The summed E-state index contributed by atoms with van der Waals surface area (Å²) in [6.45, 7) is 0.727. The molecule has 2 rings (SSSR count). The van der Waals surface area contributed by atoms with Gasteiger partial charge < -0.3 is 10.2 Å². The third kappa shape index (κ3) is 3.25. The van der Waals surface area contributed by atoms with Crippen LogP contribution in [0.2, 0.25) is 0 Å². The highest BCUT2D eigenvalue weighted by molar-refractivity contribution is 5.95. The highest BCUT2D eigenvalue weighted by atomic mass is 19.4. The molecule has 1 saturated heterocycles. The molecule has 0 saturated carbocycles. The van der Waals surface area contributed by atoms with Crippen molar-refractivity contribution in [2.24, 2.45) is 0 Å². The molecule has 0 atom stereocenters. The van der Waals surface area contributed by atoms with Crippen LogP contribution in [-0.4, -0.2) is 41.3 Å². The third-order valence-electron chi connectivity index (χ3n) is 2.86. The molecule has 2 heterocycles. The number of hydrogen-bond acceptors (Lipinski definition) is 3. The number of alkyl halides is 3. The summed E-state index contributed by atoms with van der Waals surface area (Å²) in [4.78, 5) is 28.2. The number of pyridine rings is 1. The Morgan fingerprint density at radius 1 is 1.35 bits per heavy atom. The Hall–Kier alpha value is -2.12. The smallest absolute Gasteiger partial charge is 0.354 e. The predicted octanol–water partition coefficient (Wildman–Crippen LogP) is 1.06. The van der Waals surface area contributed by atoms with Gasteiger partial charge in [-0.15, -0.1) is 0 Å². The van der Waals surface area contributed by atoms with Crippen LogP contribution in [0.5, 0.6) is 0 Å². The van der Waals surface area contributed by atoms with Crippen molar-refractivity contribution in [2.75, 3.05) is 19.6 Å². The van der Waals surface area contributed by atoms with Crippen molar-refractivity contribution in [3.8, 4) is 0 Å². The van der Waals surface area contributed by atoms with Crippen LogP contribution in [-0.2, 0) is 11.0 Å². The van der Waals surface area contributed by atoms with Gasteiger partial charge in [0.05, 0.1) is 12.1 Å². The maximum absolute atomic E-state index is 12.4. The molecule has 8 heteroatoms. The summed E-state index contributed by atoms with van der Waals surface area (Å²) >= 11 is 0. The van der Waals surface area contributed by atoms with Gasteiger partial charge in [-0.05, 0) is 18.6 Å². The molecule has 1 aromatic heterocycles. The predicted molar refractivity (Wildman–Crippen MR) is 62.8 cm³/mol. The minimum absolute atomic E-state index is 0.104. The molecule has 1 fully saturated rings. The van der Waals surface area contributed by atoms with Crippen LogP contribution in [0, 0.1) is 0 Å². The lowest BCUT2D eigenvalue weighted by atomic mass is 10.2. The molecular weight excluding hydrogens is 275 g/mol. The fraction of sp³-hybridized carbons (Fsp3) is 0.417. The molecule has 108 valence electrons. The monoisotopic (exact) mass is 287 g/mol. The number of carbonyl (C=O) groups excluding carboxylic acids is 2. The largest absolute Gasteiger partial charge is 0.417 e. The molecule has 0 unspecified atom stereocenters. The number of hydrogen-bond donors (Lipinski definition) is 1. The van der Waals surface area contributed by atoms with Gasteiger partial charge in [-0.25, -0.2) is 0 Å². The van der Waals surface area contributed by atoms with E-state index in [2.05, 4.69) is 10.3 Å². The van der Waals surface area contributed by atoms with Gasteiger partial charge in [-0.1, -0.05) is 0 Å². The van der Waals surface area contributed by atoms with E-state index in [0.29, 0.717) is 25.7 Å². The van der Waals surface area contributed by atoms with Crippen LogP contribution >= 0.6 is 0 Å². The minimum Gasteiger partial charge on any atom is -0.354 e. The van der Waals surface area contributed by atoms with E-state index in [1.54, 1.807) is 0 Å². The lowest BCUT2D eigenvalue weighted by Gasteiger charge is -2.18. The molecule has 0 spiro atoms. The summed E-state index contributed by atoms with van der Waals surface area (Å²) in [7, 11) is 0. The lowest BCUT2D eigenvalue weighted by molar-refractivity contribution is -0.137. The summed E-state index contributed by atoms with van der Waals surface area (Å²) in [6, 6.07) is 1.83. The van der Waals surface area contributed by atoms with Crippen LogP contribution in [0.1, 0.15) is 22.5 Å². The van der Waals surface area contributed by atoms with E-state index >= 15 is 0 Å². The maximum Gasteiger partial charge on any atom is 0.417 e. The van der Waals surface area contributed by atoms with Gasteiger partial charge in [0.15, 0.2) is 0 Å². The Balaban J connectivity index is 2.14. The second-order valence-electron chi connectivity index (χ2n) is 4.36. The van der Waals surface area contributed by atoms with E-state index in [1.807, 2.05) is 0 Å². The fourth-order valence-electron chi connectivity index (χ4n) is 1.83. The second-order valence-corrected chi connectivity index (χ2v) is 4.36. The van der Waals surface area contributed by atoms with E-state index in [1.165, 1.54) is 4.90 Å². The second kappa shape index (κ2) is 5.48. The van der Waals surface area contributed by atoms with Crippen molar-refractivity contribution in [3.05, 3.63) is 29.6 Å². The van der Waals surface area contributed by atoms with Crippen molar-refractivity contribution < 1.29 is 22.8 Å². The van der Waals surface area contributed by atoms with Gasteiger partial charge in [0.1, 0.15) is 5.69 Å². The van der Waals surface area contributed by atoms with Crippen molar-refractivity contribution in [2.45, 2.75) is 12.6 Å². The van der Waals surface area contributed by atoms with Crippen LogP contribution in [0.3, 0.4) is 0 Å². The summed E-state index contributed by atoms with van der Waals surface area (Å²) in [5.74, 6) is -0.835. The van der Waals surface area contributed by atoms with Gasteiger partial charge in [0.2, 0.25) is 5.91 Å². The first-order valence-electron chi connectivity index (χ1n) is 5.97. The number of carbonyl (C=O) groups is 2. The average Bonchev–Trinajstić information content (AvgIpc) is 2.62. The Labute approximate surface area is 112 Å². The number of nitrogens with one attached hydrogen (secondary N) is 1. The molecule has 1 aliphatic rings. The fourth-order valence-corrected chi connectivity index (χ4v) is 1.83. The molecule has 1 N–H and O–H groups in total. The summed E-state index contributed by atoms with van der Waals surface area (Å²) < 4.78 is 37.2. The van der Waals surface area contributed by atoms with Crippen LogP contribution in [0.4, 0.5) is 13.2 Å². The Bertz CT molecular complexity index is 514. The number of amides is 2. The summed E-state index contributed by atoms with van der Waals surface area (Å²) in [5.41, 5.74) is -1.02. The lowest BCUT2D eigenvalue weighted by Crippen LogP contribution is -2.37. The van der Waals surface area contributed by atoms with Gasteiger partial charge >= 0.3 is 6.18 Å². The zero-order valence-electron chi connectivity index (χ0n) is 10.4. The minimum atomic E-state index is -4.49. The van der Waals surface area contributed by atoms with Crippen LogP contribution in [0.25, 0.3) is 0 Å². The van der Waals surface area contributed by atoms with Gasteiger partial charge in [-0.2, -0.15) is 13.2 Å². The van der Waals surface area contributed by atoms with Crippen LogP contribution in [0.15, 0.2) is 18.3 Å². The molecule has 0 aliphatic carbocycles. The van der Waals surface area contributed by atoms with Gasteiger partial charge in [-0.3, -0.25) is 14.6 Å². The third-order valence-corrected chi connectivity index (χ3v) is 2.86. The normalized spacial score (nSPS) is 16.6. The van der Waals surface area contributed by atoms with E-state index in [-0.39, 0.29) is 18.1 Å². The van der Waals surface area contributed by atoms with Crippen molar-refractivity contribution in [3.63, 3.8) is 0 Å². The molecule has 0 radical (unpaired) electrons. The Kier molecular flexibility index (Phi) is 3.91. The van der Waals surface area contributed by atoms with E-state index < -0.39 is 17.6 Å². The molecule has 0 bridgehead atoms. The first-order chi connectivity index (χ1) is 9.38. The molecule has 1 aromatic rings. The van der Waals surface area contributed by atoms with Crippen molar-refractivity contribution >= 4 is 11.8 Å². The van der Waals surface area contributed by atoms with Gasteiger partial charge in [0.25, 0.3) is 5.91 Å². The molecular formula is C12H12F3N3O2. The zero-order valence-corrected chi connectivity index (χ0v) is 10.4. The number of halogens is 3. The Morgan fingerprint density at radius 3 is 2.70 bits per heavy atom. The SMILES string of the molecule is O=C1CN(C(=O)c2ccc(C(F)(F)F)cn2)CCCN1. The molecule has 2 amide bonds. The topological polar surface area (TPSA) is 62.3 Å². The van der Waals surface area contributed by atoms with Crippen molar-refractivity contribution in [1.29, 1.82) is 0 Å². The Morgan fingerprint density at radius 2 is 2.10 bits per heavy atom. The zero-order chi connectivity index (χ0) is 14.8. The summed E-state index contributed by atoms with van der Waals surface area (Å²) in [6.07, 6.45) is -3.28. The standard InChI is InChI=1S/C12H12F3N3O2/c13-12(14,15)8-2-3-9(17-6-8)11(20)18-5-1-4-16-10(19)7-18/h2-3,6H,1,4-5,7H2,(H,16,19). The van der Waals surface area contributed by atoms with E-state index in [0.717, 1.165) is 12.1 Å². The van der Waals surface area contributed by atoms with Gasteiger partial charge in [0, 0.05) is 19.3 Å². The number of aromatic nitrogens is 1. The number of nitrogens with zero attached hydrogens (tertiary/aromatic N) is 2. The highest BCUT2D eigenvalue weighted by Crippen LogP contribution is 2.28. The molecule has 0 aromatic carbocycles. The summed E-state index contributed by atoms with van der Waals surface area (Å²) in [5, 5.41) is 2.61. The van der Waals surface area contributed by atoms with E-state index in [9.17, 15) is 22.8 Å².